The molecule has 0 bridgehead atoms. The number of benzene rings is 2. The minimum atomic E-state index is -4.80. The van der Waals surface area contributed by atoms with E-state index in [0.717, 1.165) is 27.8 Å². The van der Waals surface area contributed by atoms with Crippen molar-refractivity contribution in [1.82, 2.24) is 19.4 Å². The van der Waals surface area contributed by atoms with Gasteiger partial charge in [0.1, 0.15) is 11.5 Å². The Bertz CT molecular complexity index is 1590. The molecule has 6 nitrogen and oxygen atoms in total. The summed E-state index contributed by atoms with van der Waals surface area (Å²) in [6.07, 6.45) is -3.62. The van der Waals surface area contributed by atoms with Crippen LogP contribution in [0.25, 0.3) is 11.0 Å². The summed E-state index contributed by atoms with van der Waals surface area (Å²) < 4.78 is 82.2. The lowest BCUT2D eigenvalue weighted by Gasteiger charge is -2.31. The molecule has 0 aliphatic carbocycles. The van der Waals surface area contributed by atoms with Crippen molar-refractivity contribution in [3.8, 4) is 0 Å². The zero-order valence-electron chi connectivity index (χ0n) is 22.1. The van der Waals surface area contributed by atoms with E-state index in [0.29, 0.717) is 31.1 Å². The maximum absolute atomic E-state index is 13.6. The fourth-order valence-electron chi connectivity index (χ4n) is 4.90. The molecule has 1 aliphatic heterocycles. The van der Waals surface area contributed by atoms with Crippen LogP contribution in [0.5, 0.6) is 0 Å². The average molecular weight is 576 g/mol. The van der Waals surface area contributed by atoms with Crippen LogP contribution in [0.3, 0.4) is 0 Å². The highest BCUT2D eigenvalue weighted by atomic mass is 19.4. The number of likely N-dealkylation sites (tertiary alicyclic amines) is 1. The van der Waals surface area contributed by atoms with E-state index < -0.39 is 35.6 Å². The summed E-state index contributed by atoms with van der Waals surface area (Å²) in [6.45, 7) is 2.67. The summed E-state index contributed by atoms with van der Waals surface area (Å²) in [5.74, 6) is -3.45. The molecule has 5 rings (SSSR count). The molecule has 1 saturated heterocycles. The Morgan fingerprint density at radius 1 is 1.00 bits per heavy atom. The van der Waals surface area contributed by atoms with Crippen molar-refractivity contribution in [2.24, 2.45) is 0 Å². The highest BCUT2D eigenvalue weighted by molar-refractivity contribution is 5.75. The van der Waals surface area contributed by atoms with E-state index in [-0.39, 0.29) is 36.0 Å². The second kappa shape index (κ2) is 11.2. The molecule has 4 aromatic rings. The Morgan fingerprint density at radius 2 is 1.71 bits per heavy atom. The highest BCUT2D eigenvalue weighted by Gasteiger charge is 2.34. The van der Waals surface area contributed by atoms with Crippen molar-refractivity contribution >= 4 is 17.0 Å². The molecule has 2 aromatic heterocycles. The van der Waals surface area contributed by atoms with Crippen molar-refractivity contribution in [1.29, 1.82) is 0 Å². The van der Waals surface area contributed by atoms with Gasteiger partial charge in [-0.05, 0) is 41.8 Å². The molecule has 41 heavy (non-hydrogen) atoms. The summed E-state index contributed by atoms with van der Waals surface area (Å²) in [5, 5.41) is 3.60. The Labute approximate surface area is 231 Å². The number of rotatable bonds is 7. The number of nitrogens with one attached hydrogen (secondary N) is 1. The molecule has 1 fully saturated rings. The fraction of sp³-hybridized carbons (Fsp3) is 0.345. The molecule has 0 spiro atoms. The molecule has 1 N–H and O–H groups in total. The normalized spacial score (nSPS) is 16.6. The Hall–Kier alpha value is -3.93. The molecular weight excluding hydrogens is 548 g/mol. The quantitative estimate of drug-likeness (QED) is 0.259. The number of hydrogen-bond donors (Lipinski definition) is 1. The van der Waals surface area contributed by atoms with Crippen LogP contribution in [0.1, 0.15) is 48.1 Å². The van der Waals surface area contributed by atoms with E-state index in [1.54, 1.807) is 0 Å². The smallest absolute Gasteiger partial charge is 0.348 e. The third-order valence-corrected chi connectivity index (χ3v) is 7.25. The monoisotopic (exact) mass is 575 g/mol. The van der Waals surface area contributed by atoms with Crippen molar-refractivity contribution in [2.75, 3.05) is 18.4 Å². The van der Waals surface area contributed by atoms with Gasteiger partial charge in [0, 0.05) is 50.1 Å². The van der Waals surface area contributed by atoms with Crippen LogP contribution in [-0.4, -0.2) is 38.4 Å². The molecule has 1 unspecified atom stereocenters. The van der Waals surface area contributed by atoms with Crippen LogP contribution in [0.4, 0.5) is 32.3 Å². The lowest BCUT2D eigenvalue weighted by atomic mass is 10.0. The topological polar surface area (TPSA) is 63.1 Å². The van der Waals surface area contributed by atoms with Gasteiger partial charge in [0.25, 0.3) is 11.5 Å². The van der Waals surface area contributed by atoms with Crippen molar-refractivity contribution in [3.63, 3.8) is 0 Å². The van der Waals surface area contributed by atoms with E-state index in [2.05, 4.69) is 15.3 Å². The number of pyridine rings is 1. The SMILES string of the molecule is CC(Nc1ncc2ccc(=O)n(Cc3ccc(F)cc3C(F)(F)F)c2n1)c1ccc(CN2CCC(F)(F)CC2)cc1. The average Bonchev–Trinajstić information content (AvgIpc) is 2.92. The van der Waals surface area contributed by atoms with Gasteiger partial charge in [0.2, 0.25) is 5.95 Å². The third-order valence-electron chi connectivity index (χ3n) is 7.25. The lowest BCUT2D eigenvalue weighted by Crippen LogP contribution is -2.38. The summed E-state index contributed by atoms with van der Waals surface area (Å²) in [4.78, 5) is 23.4. The number of alkyl halides is 5. The van der Waals surface area contributed by atoms with Gasteiger partial charge in [-0.25, -0.2) is 18.2 Å². The van der Waals surface area contributed by atoms with Gasteiger partial charge in [-0.1, -0.05) is 30.3 Å². The van der Waals surface area contributed by atoms with Crippen LogP contribution in [0.2, 0.25) is 0 Å². The zero-order valence-corrected chi connectivity index (χ0v) is 22.1. The van der Waals surface area contributed by atoms with Crippen LogP contribution >= 0.6 is 0 Å². The first kappa shape index (κ1) is 28.6. The van der Waals surface area contributed by atoms with Crippen LogP contribution in [0, 0.1) is 5.82 Å². The zero-order chi connectivity index (χ0) is 29.4. The van der Waals surface area contributed by atoms with E-state index in [1.807, 2.05) is 36.1 Å². The van der Waals surface area contributed by atoms with Gasteiger partial charge in [-0.15, -0.1) is 0 Å². The molecular formula is C29H27F6N5O. The minimum absolute atomic E-state index is 0.127. The number of halogens is 6. The van der Waals surface area contributed by atoms with Gasteiger partial charge in [0.15, 0.2) is 0 Å². The summed E-state index contributed by atoms with van der Waals surface area (Å²) >= 11 is 0. The van der Waals surface area contributed by atoms with Crippen LogP contribution < -0.4 is 10.9 Å². The highest BCUT2D eigenvalue weighted by Crippen LogP contribution is 2.33. The largest absolute Gasteiger partial charge is 0.416 e. The number of nitrogens with zero attached hydrogens (tertiary/aromatic N) is 4. The molecule has 12 heteroatoms. The molecule has 0 radical (unpaired) electrons. The van der Waals surface area contributed by atoms with Gasteiger partial charge in [0.05, 0.1) is 18.2 Å². The number of anilines is 1. The summed E-state index contributed by atoms with van der Waals surface area (Å²) in [6, 6.07) is 12.5. The van der Waals surface area contributed by atoms with Crippen molar-refractivity contribution in [2.45, 2.75) is 51.0 Å². The van der Waals surface area contributed by atoms with Crippen molar-refractivity contribution < 1.29 is 26.3 Å². The maximum atomic E-state index is 13.6. The first-order chi connectivity index (χ1) is 19.4. The molecule has 3 heterocycles. The van der Waals surface area contributed by atoms with Crippen LogP contribution in [0.15, 0.2) is 65.6 Å². The van der Waals surface area contributed by atoms with E-state index >= 15 is 0 Å². The molecule has 1 atom stereocenters. The third kappa shape index (κ3) is 6.70. The molecule has 216 valence electrons. The van der Waals surface area contributed by atoms with Crippen LogP contribution in [-0.2, 0) is 19.3 Å². The van der Waals surface area contributed by atoms with E-state index in [9.17, 15) is 31.1 Å². The second-order valence-electron chi connectivity index (χ2n) is 10.3. The van der Waals surface area contributed by atoms with E-state index in [1.165, 1.54) is 18.3 Å². The summed E-state index contributed by atoms with van der Waals surface area (Å²) in [7, 11) is 0. The van der Waals surface area contributed by atoms with Gasteiger partial charge in [-0.3, -0.25) is 14.3 Å². The molecule has 1 aliphatic rings. The number of aromatic nitrogens is 3. The Morgan fingerprint density at radius 3 is 2.39 bits per heavy atom. The fourth-order valence-corrected chi connectivity index (χ4v) is 4.90. The minimum Gasteiger partial charge on any atom is -0.348 e. The lowest BCUT2D eigenvalue weighted by molar-refractivity contribution is -0.138. The number of fused-ring (bicyclic) bond motifs is 1. The first-order valence-corrected chi connectivity index (χ1v) is 13.1. The first-order valence-electron chi connectivity index (χ1n) is 13.1. The van der Waals surface area contributed by atoms with Crippen molar-refractivity contribution in [3.05, 3.63) is 99.2 Å². The Balaban J connectivity index is 1.34. The summed E-state index contributed by atoms with van der Waals surface area (Å²) in [5.41, 5.74) is 0.0191. The standard InChI is InChI=1S/C29H27F6N5O/c1-18(20-4-2-19(3-5-20)16-39-12-10-28(31,32)11-13-39)37-27-36-15-21-7-9-25(41)40(26(21)38-27)17-22-6-8-23(30)14-24(22)29(33,34)35/h2-9,14-15,18H,10-13,16-17H2,1H3,(H,36,37,38). The van der Waals surface area contributed by atoms with E-state index in [4.69, 9.17) is 0 Å². The predicted octanol–water partition coefficient (Wildman–Crippen LogP) is 6.40. The molecule has 0 saturated carbocycles. The molecule has 0 amide bonds. The maximum Gasteiger partial charge on any atom is 0.416 e. The second-order valence-corrected chi connectivity index (χ2v) is 10.3. The van der Waals surface area contributed by atoms with Gasteiger partial charge in [-0.2, -0.15) is 18.2 Å². The Kier molecular flexibility index (Phi) is 7.78. The predicted molar refractivity (Wildman–Crippen MR) is 142 cm³/mol. The van der Waals surface area contributed by atoms with Gasteiger partial charge < -0.3 is 5.32 Å². The molecule has 2 aromatic carbocycles. The van der Waals surface area contributed by atoms with Gasteiger partial charge >= 0.3 is 6.18 Å². The number of piperidine rings is 1. The number of hydrogen-bond acceptors (Lipinski definition) is 5.